The van der Waals surface area contributed by atoms with E-state index in [2.05, 4.69) is 0 Å². The maximum atomic E-state index is 12.3. The van der Waals surface area contributed by atoms with Crippen LogP contribution in [-0.4, -0.2) is 21.8 Å². The van der Waals surface area contributed by atoms with E-state index in [0.29, 0.717) is 5.56 Å². The van der Waals surface area contributed by atoms with E-state index in [1.807, 2.05) is 42.5 Å². The van der Waals surface area contributed by atoms with Crippen LogP contribution in [0.25, 0.3) is 28.0 Å². The number of Topliss-reactive ketones (excluding diaryl/α,β-unsaturated/α-hetero) is 2. The Bertz CT molecular complexity index is 1160. The van der Waals surface area contributed by atoms with E-state index in [1.54, 1.807) is 12.2 Å². The summed E-state index contributed by atoms with van der Waals surface area (Å²) < 4.78 is 0. The van der Waals surface area contributed by atoms with E-state index in [4.69, 9.17) is 0 Å². The predicted octanol–water partition coefficient (Wildman–Crippen LogP) is 4.65. The third-order valence-corrected chi connectivity index (χ3v) is 5.73. The average molecular weight is 372 g/mol. The number of carbonyl (C=O) groups excluding carboxylic acids is 2. The molecule has 140 valence electrons. The fourth-order valence-corrected chi connectivity index (χ4v) is 4.09. The van der Waals surface area contributed by atoms with Gasteiger partial charge in [0.15, 0.2) is 11.5 Å². The molecule has 3 aromatic carbocycles. The molecule has 1 aliphatic rings. The third kappa shape index (κ3) is 2.53. The first kappa shape index (κ1) is 18.0. The van der Waals surface area contributed by atoms with Gasteiger partial charge in [0.25, 0.3) is 0 Å². The van der Waals surface area contributed by atoms with Crippen molar-refractivity contribution in [2.45, 2.75) is 20.3 Å². The number of allylic oxidation sites excluding steroid dienone is 1. The number of phenolic OH excluding ortho intramolecular Hbond substituents is 2. The minimum absolute atomic E-state index is 0.182. The summed E-state index contributed by atoms with van der Waals surface area (Å²) >= 11 is 0. The SMILES string of the molecule is CC(=O)C1(C(C)=O)C=Cc2c(cccc2-c2c(O)c(O)cc3ccccc23)C1. The van der Waals surface area contributed by atoms with Crippen molar-refractivity contribution in [3.63, 3.8) is 0 Å². The number of hydrogen-bond acceptors (Lipinski definition) is 4. The summed E-state index contributed by atoms with van der Waals surface area (Å²) in [4.78, 5) is 24.5. The lowest BCUT2D eigenvalue weighted by atomic mass is 9.70. The Labute approximate surface area is 162 Å². The second kappa shape index (κ2) is 6.34. The van der Waals surface area contributed by atoms with Gasteiger partial charge in [0, 0.05) is 5.56 Å². The van der Waals surface area contributed by atoms with Crippen LogP contribution in [0, 0.1) is 5.41 Å². The number of carbonyl (C=O) groups is 2. The van der Waals surface area contributed by atoms with Gasteiger partial charge in [-0.2, -0.15) is 0 Å². The first-order valence-electron chi connectivity index (χ1n) is 9.12. The average Bonchev–Trinajstić information content (AvgIpc) is 2.68. The number of hydrogen-bond donors (Lipinski definition) is 2. The number of rotatable bonds is 3. The molecule has 0 unspecified atom stereocenters. The van der Waals surface area contributed by atoms with Crippen LogP contribution in [0.4, 0.5) is 0 Å². The maximum Gasteiger partial charge on any atom is 0.166 e. The molecule has 0 aliphatic heterocycles. The molecular weight excluding hydrogens is 352 g/mol. The van der Waals surface area contributed by atoms with Crippen molar-refractivity contribution in [3.8, 4) is 22.6 Å². The Morgan fingerprint density at radius 2 is 1.68 bits per heavy atom. The molecular formula is C24H20O4. The lowest BCUT2D eigenvalue weighted by molar-refractivity contribution is -0.135. The summed E-state index contributed by atoms with van der Waals surface area (Å²) in [6.45, 7) is 2.88. The monoisotopic (exact) mass is 372 g/mol. The summed E-state index contributed by atoms with van der Waals surface area (Å²) in [5.74, 6) is -0.737. The molecule has 0 heterocycles. The van der Waals surface area contributed by atoms with Crippen LogP contribution in [-0.2, 0) is 16.0 Å². The Kier molecular flexibility index (Phi) is 4.07. The van der Waals surface area contributed by atoms with Crippen molar-refractivity contribution < 1.29 is 19.8 Å². The van der Waals surface area contributed by atoms with Gasteiger partial charge in [-0.3, -0.25) is 9.59 Å². The summed E-state index contributed by atoms with van der Waals surface area (Å²) in [6.07, 6.45) is 3.75. The van der Waals surface area contributed by atoms with Crippen molar-refractivity contribution in [2.24, 2.45) is 5.41 Å². The first-order chi connectivity index (χ1) is 13.3. The Balaban J connectivity index is 2.00. The van der Waals surface area contributed by atoms with E-state index >= 15 is 0 Å². The van der Waals surface area contributed by atoms with Crippen LogP contribution in [0.5, 0.6) is 11.5 Å². The molecule has 0 saturated carbocycles. The molecule has 0 fully saturated rings. The lowest BCUT2D eigenvalue weighted by Gasteiger charge is -2.30. The molecule has 28 heavy (non-hydrogen) atoms. The minimum Gasteiger partial charge on any atom is -0.504 e. The van der Waals surface area contributed by atoms with Gasteiger partial charge in [0.2, 0.25) is 0 Å². The van der Waals surface area contributed by atoms with Gasteiger partial charge in [-0.15, -0.1) is 0 Å². The minimum atomic E-state index is -1.14. The normalized spacial score (nSPS) is 14.6. The highest BCUT2D eigenvalue weighted by atomic mass is 16.3. The molecule has 0 aromatic heterocycles. The van der Waals surface area contributed by atoms with Crippen molar-refractivity contribution in [3.05, 3.63) is 65.7 Å². The van der Waals surface area contributed by atoms with Crippen LogP contribution in [0.1, 0.15) is 25.0 Å². The maximum absolute atomic E-state index is 12.3. The van der Waals surface area contributed by atoms with Crippen LogP contribution in [0.2, 0.25) is 0 Å². The Morgan fingerprint density at radius 3 is 2.39 bits per heavy atom. The van der Waals surface area contributed by atoms with Crippen LogP contribution in [0.15, 0.2) is 54.6 Å². The van der Waals surface area contributed by atoms with Gasteiger partial charge >= 0.3 is 0 Å². The smallest absolute Gasteiger partial charge is 0.166 e. The molecule has 0 saturated heterocycles. The largest absolute Gasteiger partial charge is 0.504 e. The van der Waals surface area contributed by atoms with Crippen molar-refractivity contribution in [1.82, 2.24) is 0 Å². The van der Waals surface area contributed by atoms with Gasteiger partial charge in [-0.05, 0) is 53.8 Å². The summed E-state index contributed by atoms with van der Waals surface area (Å²) in [6, 6.07) is 14.7. The lowest BCUT2D eigenvalue weighted by Crippen LogP contribution is -2.38. The Morgan fingerprint density at radius 1 is 0.964 bits per heavy atom. The molecule has 0 spiro atoms. The van der Waals surface area contributed by atoms with Crippen LogP contribution in [0.3, 0.4) is 0 Å². The number of fused-ring (bicyclic) bond motifs is 2. The van der Waals surface area contributed by atoms with E-state index in [1.165, 1.54) is 19.9 Å². The summed E-state index contributed by atoms with van der Waals surface area (Å²) in [5.41, 5.74) is 1.84. The summed E-state index contributed by atoms with van der Waals surface area (Å²) in [5, 5.41) is 22.5. The molecule has 0 amide bonds. The fourth-order valence-electron chi connectivity index (χ4n) is 4.09. The number of phenols is 2. The first-order valence-corrected chi connectivity index (χ1v) is 9.12. The van der Waals surface area contributed by atoms with E-state index in [-0.39, 0.29) is 29.5 Å². The molecule has 0 bridgehead atoms. The zero-order valence-corrected chi connectivity index (χ0v) is 15.7. The molecule has 2 N–H and O–H groups in total. The quantitative estimate of drug-likeness (QED) is 0.518. The van der Waals surface area contributed by atoms with Gasteiger partial charge in [-0.25, -0.2) is 0 Å². The Hall–Kier alpha value is -3.40. The molecule has 3 aromatic rings. The fraction of sp³-hybridized carbons (Fsp3) is 0.167. The zero-order valence-electron chi connectivity index (χ0n) is 15.7. The van der Waals surface area contributed by atoms with E-state index < -0.39 is 5.41 Å². The van der Waals surface area contributed by atoms with Crippen molar-refractivity contribution in [2.75, 3.05) is 0 Å². The number of benzene rings is 3. The predicted molar refractivity (Wildman–Crippen MR) is 109 cm³/mol. The van der Waals surface area contributed by atoms with Gasteiger partial charge in [-0.1, -0.05) is 54.6 Å². The zero-order chi connectivity index (χ0) is 20.1. The van der Waals surface area contributed by atoms with E-state index in [0.717, 1.165) is 27.5 Å². The van der Waals surface area contributed by atoms with Gasteiger partial charge in [0.05, 0.1) is 0 Å². The van der Waals surface area contributed by atoms with Crippen LogP contribution >= 0.6 is 0 Å². The molecule has 4 nitrogen and oxygen atoms in total. The second-order valence-corrected chi connectivity index (χ2v) is 7.31. The highest BCUT2D eigenvalue weighted by Gasteiger charge is 2.40. The topological polar surface area (TPSA) is 74.6 Å². The third-order valence-electron chi connectivity index (χ3n) is 5.73. The van der Waals surface area contributed by atoms with E-state index in [9.17, 15) is 19.8 Å². The van der Waals surface area contributed by atoms with Gasteiger partial charge < -0.3 is 10.2 Å². The number of ketones is 2. The molecule has 1 aliphatic carbocycles. The van der Waals surface area contributed by atoms with Gasteiger partial charge in [0.1, 0.15) is 17.0 Å². The number of aromatic hydroxyl groups is 2. The highest BCUT2D eigenvalue weighted by Crippen LogP contribution is 2.46. The highest BCUT2D eigenvalue weighted by molar-refractivity contribution is 6.09. The molecule has 0 atom stereocenters. The molecule has 4 rings (SSSR count). The van der Waals surface area contributed by atoms with Crippen molar-refractivity contribution >= 4 is 28.4 Å². The summed E-state index contributed by atoms with van der Waals surface area (Å²) in [7, 11) is 0. The molecule has 4 heteroatoms. The second-order valence-electron chi connectivity index (χ2n) is 7.31. The molecule has 0 radical (unpaired) electrons. The standard InChI is InChI=1S/C24H20O4/c1-14(25)24(15(2)26)11-10-18-17(13-24)7-5-9-20(18)22-19-8-4-3-6-16(19)12-21(27)23(22)28/h3-12,27-28H,13H2,1-2H3. The van der Waals surface area contributed by atoms with Crippen molar-refractivity contribution in [1.29, 1.82) is 0 Å². The van der Waals surface area contributed by atoms with Crippen LogP contribution < -0.4 is 0 Å².